The Morgan fingerprint density at radius 1 is 1.42 bits per heavy atom. The topological polar surface area (TPSA) is 57.1 Å². The zero-order valence-electron chi connectivity index (χ0n) is 14.9. The maximum absolute atomic E-state index is 9.16. The molecule has 5 nitrogen and oxygen atoms in total. The number of hydrogen-bond donors (Lipinski definition) is 2. The van der Waals surface area contributed by atoms with Crippen molar-refractivity contribution in [1.82, 2.24) is 10.2 Å². The van der Waals surface area contributed by atoms with Crippen LogP contribution in [-0.2, 0) is 11.3 Å². The Balaban J connectivity index is 1.77. The summed E-state index contributed by atoms with van der Waals surface area (Å²) in [6, 6.07) is 10.3. The van der Waals surface area contributed by atoms with Gasteiger partial charge in [0, 0.05) is 38.7 Å². The third kappa shape index (κ3) is 6.13. The number of aliphatic hydroxyl groups excluding tert-OH is 1. The summed E-state index contributed by atoms with van der Waals surface area (Å²) in [5, 5.41) is 12.5. The molecule has 24 heavy (non-hydrogen) atoms. The minimum Gasteiger partial charge on any atom is -0.396 e. The van der Waals surface area contributed by atoms with Crippen LogP contribution in [0.3, 0.4) is 0 Å². The van der Waals surface area contributed by atoms with Crippen LogP contribution in [0.15, 0.2) is 35.3 Å². The van der Waals surface area contributed by atoms with Crippen molar-refractivity contribution in [3.8, 4) is 0 Å². The van der Waals surface area contributed by atoms with E-state index in [2.05, 4.69) is 34.3 Å². The highest BCUT2D eigenvalue weighted by molar-refractivity contribution is 5.80. The summed E-state index contributed by atoms with van der Waals surface area (Å²) >= 11 is 0. The largest absolute Gasteiger partial charge is 0.396 e. The summed E-state index contributed by atoms with van der Waals surface area (Å²) in [4.78, 5) is 6.97. The number of guanidine groups is 1. The van der Waals surface area contributed by atoms with Crippen molar-refractivity contribution in [1.29, 1.82) is 0 Å². The van der Waals surface area contributed by atoms with Crippen molar-refractivity contribution >= 4 is 5.96 Å². The predicted molar refractivity (Wildman–Crippen MR) is 98.0 cm³/mol. The van der Waals surface area contributed by atoms with Gasteiger partial charge in [0.2, 0.25) is 0 Å². The third-order valence-corrected chi connectivity index (χ3v) is 4.25. The minimum absolute atomic E-state index is 0.179. The predicted octanol–water partition coefficient (Wildman–Crippen LogP) is 2.12. The fourth-order valence-corrected chi connectivity index (χ4v) is 2.80. The van der Waals surface area contributed by atoms with Gasteiger partial charge in [-0.05, 0) is 24.8 Å². The second kappa shape index (κ2) is 10.3. The lowest BCUT2D eigenvalue weighted by Crippen LogP contribution is -2.40. The number of aliphatic hydroxyl groups is 1. The highest BCUT2D eigenvalue weighted by atomic mass is 16.5. The molecule has 2 N–H and O–H groups in total. The lowest BCUT2D eigenvalue weighted by Gasteiger charge is -2.22. The molecule has 1 saturated heterocycles. The molecule has 1 aromatic rings. The van der Waals surface area contributed by atoms with Crippen LogP contribution in [0.2, 0.25) is 0 Å². The van der Waals surface area contributed by atoms with Crippen LogP contribution in [0, 0.1) is 11.8 Å². The average molecular weight is 333 g/mol. The van der Waals surface area contributed by atoms with E-state index in [1.54, 1.807) is 0 Å². The molecule has 0 amide bonds. The molecule has 1 aliphatic rings. The molecule has 1 fully saturated rings. The summed E-state index contributed by atoms with van der Waals surface area (Å²) in [7, 11) is 0. The van der Waals surface area contributed by atoms with Crippen molar-refractivity contribution in [3.05, 3.63) is 35.9 Å². The van der Waals surface area contributed by atoms with E-state index in [9.17, 15) is 0 Å². The molecule has 0 bridgehead atoms. The molecular formula is C19H31N3O2. The first-order valence-corrected chi connectivity index (χ1v) is 8.98. The lowest BCUT2D eigenvalue weighted by molar-refractivity contribution is 0.0906. The molecule has 0 aliphatic carbocycles. The van der Waals surface area contributed by atoms with E-state index in [1.807, 2.05) is 25.1 Å². The number of nitrogens with one attached hydrogen (secondary N) is 1. The first-order chi connectivity index (χ1) is 11.7. The van der Waals surface area contributed by atoms with Gasteiger partial charge in [0.25, 0.3) is 0 Å². The normalized spacial score (nSPS) is 19.5. The maximum Gasteiger partial charge on any atom is 0.193 e. The molecule has 1 aliphatic heterocycles. The van der Waals surface area contributed by atoms with Gasteiger partial charge in [-0.25, -0.2) is 0 Å². The Morgan fingerprint density at radius 3 is 2.92 bits per heavy atom. The summed E-state index contributed by atoms with van der Waals surface area (Å²) in [6.07, 6.45) is 1.13. The number of likely N-dealkylation sites (tertiary alicyclic amines) is 1. The second-order valence-corrected chi connectivity index (χ2v) is 6.58. The van der Waals surface area contributed by atoms with Gasteiger partial charge in [0.1, 0.15) is 0 Å². The molecule has 2 atom stereocenters. The fraction of sp³-hybridized carbons (Fsp3) is 0.632. The van der Waals surface area contributed by atoms with Crippen LogP contribution in [0.25, 0.3) is 0 Å². The number of ether oxygens (including phenoxy) is 1. The van der Waals surface area contributed by atoms with Crippen LogP contribution in [0.4, 0.5) is 0 Å². The van der Waals surface area contributed by atoms with Crippen molar-refractivity contribution in [2.45, 2.75) is 26.9 Å². The SMILES string of the molecule is CCNC(=NCC(C)CO)N1CCC(COCc2ccccc2)C1. The van der Waals surface area contributed by atoms with Crippen molar-refractivity contribution in [2.24, 2.45) is 16.8 Å². The van der Waals surface area contributed by atoms with Gasteiger partial charge in [-0.1, -0.05) is 37.3 Å². The molecular weight excluding hydrogens is 302 g/mol. The Labute approximate surface area is 145 Å². The van der Waals surface area contributed by atoms with Gasteiger partial charge in [0.15, 0.2) is 5.96 Å². The molecule has 2 rings (SSSR count). The molecule has 1 aromatic carbocycles. The van der Waals surface area contributed by atoms with Crippen molar-refractivity contribution < 1.29 is 9.84 Å². The van der Waals surface area contributed by atoms with E-state index in [0.717, 1.165) is 38.6 Å². The smallest absolute Gasteiger partial charge is 0.193 e. The highest BCUT2D eigenvalue weighted by Crippen LogP contribution is 2.17. The molecule has 2 unspecified atom stereocenters. The zero-order valence-corrected chi connectivity index (χ0v) is 14.9. The van der Waals surface area contributed by atoms with Crippen molar-refractivity contribution in [2.75, 3.05) is 39.4 Å². The molecule has 134 valence electrons. The van der Waals surface area contributed by atoms with E-state index in [-0.39, 0.29) is 12.5 Å². The quantitative estimate of drug-likeness (QED) is 0.565. The molecule has 0 radical (unpaired) electrons. The Morgan fingerprint density at radius 2 is 2.21 bits per heavy atom. The third-order valence-electron chi connectivity index (χ3n) is 4.25. The summed E-state index contributed by atoms with van der Waals surface area (Å²) in [5.74, 6) is 1.71. The molecule has 0 spiro atoms. The number of nitrogens with zero attached hydrogens (tertiary/aromatic N) is 2. The summed E-state index contributed by atoms with van der Waals surface area (Å²) in [6.45, 7) is 9.25. The fourth-order valence-electron chi connectivity index (χ4n) is 2.80. The van der Waals surface area contributed by atoms with Crippen molar-refractivity contribution in [3.63, 3.8) is 0 Å². The van der Waals surface area contributed by atoms with Crippen LogP contribution in [0.1, 0.15) is 25.8 Å². The first-order valence-electron chi connectivity index (χ1n) is 8.98. The lowest BCUT2D eigenvalue weighted by atomic mass is 10.1. The highest BCUT2D eigenvalue weighted by Gasteiger charge is 2.25. The molecule has 0 aromatic heterocycles. The first kappa shape index (κ1) is 18.7. The average Bonchev–Trinajstić information content (AvgIpc) is 3.08. The zero-order chi connectivity index (χ0) is 17.2. The van der Waals surface area contributed by atoms with Gasteiger partial charge in [-0.15, -0.1) is 0 Å². The number of hydrogen-bond acceptors (Lipinski definition) is 3. The van der Waals surface area contributed by atoms with Crippen LogP contribution < -0.4 is 5.32 Å². The molecule has 1 heterocycles. The Bertz CT molecular complexity index is 493. The van der Waals surface area contributed by atoms with Gasteiger partial charge in [0.05, 0.1) is 13.2 Å². The van der Waals surface area contributed by atoms with Gasteiger partial charge in [-0.2, -0.15) is 0 Å². The molecule has 0 saturated carbocycles. The second-order valence-electron chi connectivity index (χ2n) is 6.58. The van der Waals surface area contributed by atoms with E-state index in [1.165, 1.54) is 5.56 Å². The van der Waals surface area contributed by atoms with Gasteiger partial charge < -0.3 is 20.1 Å². The number of aliphatic imine (C=N–C) groups is 1. The number of rotatable bonds is 8. The van der Waals surface area contributed by atoms with E-state index < -0.39 is 0 Å². The molecule has 5 heteroatoms. The van der Waals surface area contributed by atoms with E-state index >= 15 is 0 Å². The standard InChI is InChI=1S/C19H31N3O2/c1-3-20-19(21-11-16(2)13-23)22-10-9-18(12-22)15-24-14-17-7-5-4-6-8-17/h4-8,16,18,23H,3,9-15H2,1-2H3,(H,20,21). The summed E-state index contributed by atoms with van der Waals surface area (Å²) in [5.41, 5.74) is 1.22. The Kier molecular flexibility index (Phi) is 8.05. The van der Waals surface area contributed by atoms with Crippen LogP contribution in [-0.4, -0.2) is 55.4 Å². The van der Waals surface area contributed by atoms with E-state index in [4.69, 9.17) is 9.84 Å². The Hall–Kier alpha value is -1.59. The monoisotopic (exact) mass is 333 g/mol. The van der Waals surface area contributed by atoms with Gasteiger partial charge in [-0.3, -0.25) is 4.99 Å². The number of benzene rings is 1. The van der Waals surface area contributed by atoms with Crippen LogP contribution in [0.5, 0.6) is 0 Å². The van der Waals surface area contributed by atoms with Crippen LogP contribution >= 0.6 is 0 Å². The maximum atomic E-state index is 9.16. The minimum atomic E-state index is 0.179. The van der Waals surface area contributed by atoms with Gasteiger partial charge >= 0.3 is 0 Å². The van der Waals surface area contributed by atoms with E-state index in [0.29, 0.717) is 19.1 Å². The summed E-state index contributed by atoms with van der Waals surface area (Å²) < 4.78 is 5.89.